The molecule has 0 aliphatic carbocycles. The third-order valence-corrected chi connectivity index (χ3v) is 2.83. The number of nitrogens with two attached hydrogens (primary N) is 1. The van der Waals surface area contributed by atoms with Gasteiger partial charge >= 0.3 is 0 Å². The van der Waals surface area contributed by atoms with Gasteiger partial charge in [0.05, 0.1) is 19.1 Å². The number of aromatic nitrogens is 2. The Morgan fingerprint density at radius 2 is 2.06 bits per heavy atom. The first-order valence-corrected chi connectivity index (χ1v) is 6.59. The summed E-state index contributed by atoms with van der Waals surface area (Å²) in [5.41, 5.74) is 6.06. The highest BCUT2D eigenvalue weighted by molar-refractivity contribution is 4.94. The highest BCUT2D eigenvalue weighted by Crippen LogP contribution is 2.08. The molecule has 1 rings (SSSR count). The van der Waals surface area contributed by atoms with Crippen molar-refractivity contribution in [3.8, 4) is 0 Å². The van der Waals surface area contributed by atoms with Gasteiger partial charge in [-0.2, -0.15) is 4.98 Å². The zero-order valence-electron chi connectivity index (χ0n) is 11.6. The Balaban J connectivity index is 2.45. The maximum Gasteiger partial charge on any atom is 0.229 e. The van der Waals surface area contributed by atoms with Crippen LogP contribution in [0.5, 0.6) is 0 Å². The maximum atomic E-state index is 6.06. The van der Waals surface area contributed by atoms with Crippen LogP contribution in [-0.4, -0.2) is 47.9 Å². The molecule has 0 radical (unpaired) electrons. The average Bonchev–Trinajstić information content (AvgIpc) is 2.85. The molecule has 0 fully saturated rings. The van der Waals surface area contributed by atoms with Gasteiger partial charge in [0.25, 0.3) is 0 Å². The molecule has 0 saturated heterocycles. The van der Waals surface area contributed by atoms with E-state index in [1.165, 1.54) is 0 Å². The first-order valence-electron chi connectivity index (χ1n) is 6.59. The molecule has 1 atom stereocenters. The van der Waals surface area contributed by atoms with Gasteiger partial charge in [-0.1, -0.05) is 19.0 Å². The van der Waals surface area contributed by atoms with Crippen molar-refractivity contribution >= 4 is 0 Å². The lowest BCUT2D eigenvalue weighted by molar-refractivity contribution is 0.144. The van der Waals surface area contributed by atoms with Crippen molar-refractivity contribution in [2.75, 3.05) is 32.8 Å². The first-order chi connectivity index (χ1) is 8.71. The van der Waals surface area contributed by atoms with Gasteiger partial charge in [-0.25, -0.2) is 0 Å². The van der Waals surface area contributed by atoms with E-state index in [1.807, 2.05) is 6.92 Å². The van der Waals surface area contributed by atoms with Crippen LogP contribution in [0.2, 0.25) is 0 Å². The fraction of sp³-hybridized carbons (Fsp3) is 0.833. The molecule has 2 N–H and O–H groups in total. The summed E-state index contributed by atoms with van der Waals surface area (Å²) in [4.78, 5) is 6.53. The SMILES string of the molecule is CCOCCc1nc(C(N)CN(CC)CC)no1. The van der Waals surface area contributed by atoms with Gasteiger partial charge in [-0.05, 0) is 20.0 Å². The molecule has 6 nitrogen and oxygen atoms in total. The average molecular weight is 256 g/mol. The van der Waals surface area contributed by atoms with Crippen LogP contribution in [0.15, 0.2) is 4.52 Å². The van der Waals surface area contributed by atoms with E-state index >= 15 is 0 Å². The molecule has 0 saturated carbocycles. The van der Waals surface area contributed by atoms with E-state index < -0.39 is 0 Å². The molecule has 1 heterocycles. The molecule has 0 aromatic carbocycles. The topological polar surface area (TPSA) is 77.4 Å². The highest BCUT2D eigenvalue weighted by Gasteiger charge is 2.16. The molecule has 0 spiro atoms. The monoisotopic (exact) mass is 256 g/mol. The number of ether oxygens (including phenoxy) is 1. The number of hydrogen-bond acceptors (Lipinski definition) is 6. The van der Waals surface area contributed by atoms with Gasteiger partial charge in [0.1, 0.15) is 0 Å². The standard InChI is InChI=1S/C12H24N4O2/c1-4-16(5-2)9-10(13)12-14-11(18-15-12)7-8-17-6-3/h10H,4-9,13H2,1-3H3. The van der Waals surface area contributed by atoms with Gasteiger partial charge < -0.3 is 19.9 Å². The summed E-state index contributed by atoms with van der Waals surface area (Å²) in [7, 11) is 0. The van der Waals surface area contributed by atoms with E-state index in [-0.39, 0.29) is 6.04 Å². The summed E-state index contributed by atoms with van der Waals surface area (Å²) >= 11 is 0. The lowest BCUT2D eigenvalue weighted by Crippen LogP contribution is -2.32. The molecular weight excluding hydrogens is 232 g/mol. The molecule has 0 amide bonds. The smallest absolute Gasteiger partial charge is 0.229 e. The van der Waals surface area contributed by atoms with Crippen LogP contribution < -0.4 is 5.73 Å². The highest BCUT2D eigenvalue weighted by atomic mass is 16.5. The van der Waals surface area contributed by atoms with E-state index in [2.05, 4.69) is 28.9 Å². The number of likely N-dealkylation sites (N-methyl/N-ethyl adjacent to an activating group) is 1. The lowest BCUT2D eigenvalue weighted by Gasteiger charge is -2.20. The maximum absolute atomic E-state index is 6.06. The minimum absolute atomic E-state index is 0.200. The second kappa shape index (κ2) is 8.18. The summed E-state index contributed by atoms with van der Waals surface area (Å²) in [6.45, 7) is 10.2. The fourth-order valence-electron chi connectivity index (χ4n) is 1.67. The fourth-order valence-corrected chi connectivity index (χ4v) is 1.67. The Labute approximate surface area is 108 Å². The number of rotatable bonds is 9. The minimum atomic E-state index is -0.200. The van der Waals surface area contributed by atoms with Crippen LogP contribution >= 0.6 is 0 Å². The van der Waals surface area contributed by atoms with Crippen molar-refractivity contribution in [3.63, 3.8) is 0 Å². The molecule has 0 aliphatic rings. The molecule has 104 valence electrons. The zero-order chi connectivity index (χ0) is 13.4. The normalized spacial score (nSPS) is 13.2. The van der Waals surface area contributed by atoms with Gasteiger partial charge in [0.15, 0.2) is 5.82 Å². The van der Waals surface area contributed by atoms with E-state index in [1.54, 1.807) is 0 Å². The Morgan fingerprint density at radius 3 is 2.67 bits per heavy atom. The van der Waals surface area contributed by atoms with Crippen molar-refractivity contribution in [3.05, 3.63) is 11.7 Å². The van der Waals surface area contributed by atoms with Crippen molar-refractivity contribution in [1.82, 2.24) is 15.0 Å². The van der Waals surface area contributed by atoms with Crippen molar-refractivity contribution in [2.24, 2.45) is 5.73 Å². The van der Waals surface area contributed by atoms with Crippen LogP contribution in [0, 0.1) is 0 Å². The largest absolute Gasteiger partial charge is 0.381 e. The van der Waals surface area contributed by atoms with Crippen molar-refractivity contribution < 1.29 is 9.26 Å². The molecule has 1 aromatic rings. The third-order valence-electron chi connectivity index (χ3n) is 2.83. The third kappa shape index (κ3) is 4.72. The van der Waals surface area contributed by atoms with E-state index in [4.69, 9.17) is 15.0 Å². The summed E-state index contributed by atoms with van der Waals surface area (Å²) in [5, 5.41) is 3.92. The summed E-state index contributed by atoms with van der Waals surface area (Å²) in [5.74, 6) is 1.17. The lowest BCUT2D eigenvalue weighted by atomic mass is 10.2. The van der Waals surface area contributed by atoms with Crippen LogP contribution in [0.25, 0.3) is 0 Å². The van der Waals surface area contributed by atoms with Crippen LogP contribution in [0.4, 0.5) is 0 Å². The Bertz CT molecular complexity index is 326. The molecule has 1 unspecified atom stereocenters. The Morgan fingerprint density at radius 1 is 1.33 bits per heavy atom. The van der Waals surface area contributed by atoms with Crippen molar-refractivity contribution in [2.45, 2.75) is 33.2 Å². The molecule has 0 aliphatic heterocycles. The second-order valence-corrected chi connectivity index (χ2v) is 4.09. The van der Waals surface area contributed by atoms with Crippen LogP contribution in [-0.2, 0) is 11.2 Å². The van der Waals surface area contributed by atoms with E-state index in [0.717, 1.165) is 19.6 Å². The molecule has 1 aromatic heterocycles. The predicted octanol–water partition coefficient (Wildman–Crippen LogP) is 0.990. The van der Waals surface area contributed by atoms with Crippen LogP contribution in [0.3, 0.4) is 0 Å². The molecular formula is C12H24N4O2. The Hall–Kier alpha value is -0.980. The van der Waals surface area contributed by atoms with Gasteiger partial charge in [-0.15, -0.1) is 0 Å². The predicted molar refractivity (Wildman–Crippen MR) is 69.2 cm³/mol. The molecule has 6 heteroatoms. The summed E-state index contributed by atoms with van der Waals surface area (Å²) in [6.07, 6.45) is 0.638. The number of nitrogens with zero attached hydrogens (tertiary/aromatic N) is 3. The Kier molecular flexibility index (Phi) is 6.85. The van der Waals surface area contributed by atoms with Crippen molar-refractivity contribution in [1.29, 1.82) is 0 Å². The summed E-state index contributed by atoms with van der Waals surface area (Å²) in [6, 6.07) is -0.200. The zero-order valence-corrected chi connectivity index (χ0v) is 11.6. The quantitative estimate of drug-likeness (QED) is 0.664. The molecule has 0 bridgehead atoms. The van der Waals surface area contributed by atoms with Gasteiger partial charge in [-0.3, -0.25) is 0 Å². The second-order valence-electron chi connectivity index (χ2n) is 4.09. The van der Waals surface area contributed by atoms with Crippen LogP contribution in [0.1, 0.15) is 38.5 Å². The van der Waals surface area contributed by atoms with E-state index in [0.29, 0.717) is 31.3 Å². The molecule has 18 heavy (non-hydrogen) atoms. The number of hydrogen-bond donors (Lipinski definition) is 1. The van der Waals surface area contributed by atoms with Gasteiger partial charge in [0, 0.05) is 13.2 Å². The minimum Gasteiger partial charge on any atom is -0.381 e. The first kappa shape index (κ1) is 15.1. The summed E-state index contributed by atoms with van der Waals surface area (Å²) < 4.78 is 10.4. The van der Waals surface area contributed by atoms with E-state index in [9.17, 15) is 0 Å². The van der Waals surface area contributed by atoms with Gasteiger partial charge in [0.2, 0.25) is 5.89 Å².